The van der Waals surface area contributed by atoms with Gasteiger partial charge in [-0.15, -0.1) is 0 Å². The van der Waals surface area contributed by atoms with Gasteiger partial charge in [0.1, 0.15) is 12.0 Å². The summed E-state index contributed by atoms with van der Waals surface area (Å²) in [6.07, 6.45) is -0.335. The molecular formula is C52H39N3. The van der Waals surface area contributed by atoms with Crippen LogP contribution in [-0.4, -0.2) is 11.7 Å². The highest BCUT2D eigenvalue weighted by Crippen LogP contribution is 2.55. The number of benzene rings is 8. The minimum atomic E-state index is -0.335. The fourth-order valence-corrected chi connectivity index (χ4v) is 8.57. The van der Waals surface area contributed by atoms with E-state index in [0.29, 0.717) is 0 Å². The molecule has 1 N–H and O–H groups in total. The number of fused-ring (bicyclic) bond motifs is 5. The van der Waals surface area contributed by atoms with Crippen LogP contribution in [-0.2, 0) is 5.41 Å². The van der Waals surface area contributed by atoms with Gasteiger partial charge in [-0.2, -0.15) is 0 Å². The van der Waals surface area contributed by atoms with E-state index >= 15 is 0 Å². The molecule has 55 heavy (non-hydrogen) atoms. The van der Waals surface area contributed by atoms with Crippen LogP contribution >= 0.6 is 0 Å². The molecule has 2 aliphatic rings. The Balaban J connectivity index is 1.13. The molecule has 262 valence electrons. The molecule has 1 atom stereocenters. The molecular weight excluding hydrogens is 667 g/mol. The number of aliphatic imine (C=N–C) groups is 2. The lowest BCUT2D eigenvalue weighted by atomic mass is 9.79. The van der Waals surface area contributed by atoms with Crippen molar-refractivity contribution >= 4 is 22.4 Å². The van der Waals surface area contributed by atoms with Crippen LogP contribution in [0.2, 0.25) is 0 Å². The second kappa shape index (κ2) is 13.2. The number of amidine groups is 2. The second-order valence-electron chi connectivity index (χ2n) is 15.0. The van der Waals surface area contributed by atoms with Gasteiger partial charge in [0, 0.05) is 16.5 Å². The van der Waals surface area contributed by atoms with Crippen LogP contribution in [0.5, 0.6) is 0 Å². The topological polar surface area (TPSA) is 36.8 Å². The fraction of sp³-hybridized carbons (Fsp3) is 0.0769. The van der Waals surface area contributed by atoms with Crippen molar-refractivity contribution in [1.29, 1.82) is 0 Å². The van der Waals surface area contributed by atoms with Crippen LogP contribution in [0, 0.1) is 0 Å². The molecule has 10 rings (SSSR count). The summed E-state index contributed by atoms with van der Waals surface area (Å²) >= 11 is 0. The summed E-state index contributed by atoms with van der Waals surface area (Å²) in [6, 6.07) is 67.2. The maximum atomic E-state index is 5.37. The molecule has 0 aromatic heterocycles. The van der Waals surface area contributed by atoms with Gasteiger partial charge in [-0.25, -0.2) is 9.98 Å². The molecule has 8 aromatic rings. The maximum absolute atomic E-state index is 5.37. The Morgan fingerprint density at radius 2 is 1.07 bits per heavy atom. The van der Waals surface area contributed by atoms with Gasteiger partial charge in [-0.1, -0.05) is 178 Å². The minimum Gasteiger partial charge on any atom is -0.344 e. The van der Waals surface area contributed by atoms with Crippen LogP contribution in [0.25, 0.3) is 55.3 Å². The zero-order valence-corrected chi connectivity index (χ0v) is 30.9. The Bertz CT molecular complexity index is 2800. The van der Waals surface area contributed by atoms with Crippen LogP contribution < -0.4 is 5.32 Å². The Hall–Kier alpha value is -6.84. The smallest absolute Gasteiger partial charge is 0.159 e. The van der Waals surface area contributed by atoms with E-state index in [2.05, 4.69) is 207 Å². The maximum Gasteiger partial charge on any atom is 0.159 e. The van der Waals surface area contributed by atoms with E-state index in [9.17, 15) is 0 Å². The predicted octanol–water partition coefficient (Wildman–Crippen LogP) is 12.6. The van der Waals surface area contributed by atoms with Gasteiger partial charge in [-0.05, 0) is 96.2 Å². The molecule has 0 spiro atoms. The average molecular weight is 706 g/mol. The quantitative estimate of drug-likeness (QED) is 0.184. The standard InChI is InChI=1S/C52H39N3/c1-52(2)46-33-42(28-29-44(46)47-45(36-20-10-5-11-21-36)32-39-22-12-13-27-43(39)48(47)52)51-54-49(40-25-14-23-37(30-40)34-16-6-3-7-17-34)53-50(55-51)41-26-15-24-38(31-41)35-18-8-4-9-19-35/h3-33,49H,1-2H3,(H,53,54,55). The van der Waals surface area contributed by atoms with Gasteiger partial charge in [0.2, 0.25) is 0 Å². The van der Waals surface area contributed by atoms with Gasteiger partial charge >= 0.3 is 0 Å². The first-order chi connectivity index (χ1) is 27.0. The van der Waals surface area contributed by atoms with E-state index in [1.807, 2.05) is 0 Å². The summed E-state index contributed by atoms with van der Waals surface area (Å²) < 4.78 is 0. The highest BCUT2D eigenvalue weighted by molar-refractivity contribution is 6.14. The molecule has 1 aliphatic carbocycles. The highest BCUT2D eigenvalue weighted by Gasteiger charge is 2.39. The van der Waals surface area contributed by atoms with Gasteiger partial charge in [0.15, 0.2) is 5.84 Å². The Labute approximate surface area is 322 Å². The summed E-state index contributed by atoms with van der Waals surface area (Å²) in [5, 5.41) is 6.30. The first kappa shape index (κ1) is 32.8. The lowest BCUT2D eigenvalue weighted by molar-refractivity contribution is 0.665. The highest BCUT2D eigenvalue weighted by atomic mass is 15.2. The predicted molar refractivity (Wildman–Crippen MR) is 230 cm³/mol. The number of rotatable bonds is 6. The first-order valence-electron chi connectivity index (χ1n) is 19.0. The molecule has 3 heteroatoms. The summed E-state index contributed by atoms with van der Waals surface area (Å²) in [6.45, 7) is 4.74. The molecule has 1 unspecified atom stereocenters. The van der Waals surface area contributed by atoms with Crippen molar-refractivity contribution in [2.75, 3.05) is 0 Å². The molecule has 1 heterocycles. The molecule has 3 nitrogen and oxygen atoms in total. The molecule has 8 aromatic carbocycles. The van der Waals surface area contributed by atoms with Crippen LogP contribution in [0.4, 0.5) is 0 Å². The average Bonchev–Trinajstić information content (AvgIpc) is 3.50. The van der Waals surface area contributed by atoms with Gasteiger partial charge in [0.25, 0.3) is 0 Å². The molecule has 1 aliphatic heterocycles. The van der Waals surface area contributed by atoms with Crippen molar-refractivity contribution in [1.82, 2.24) is 5.32 Å². The van der Waals surface area contributed by atoms with Crippen molar-refractivity contribution in [2.45, 2.75) is 25.4 Å². The number of hydrogen-bond donors (Lipinski definition) is 1. The third kappa shape index (κ3) is 5.77. The number of nitrogens with zero attached hydrogens (tertiary/aromatic N) is 2. The van der Waals surface area contributed by atoms with Crippen molar-refractivity contribution in [3.05, 3.63) is 216 Å². The van der Waals surface area contributed by atoms with Crippen molar-refractivity contribution < 1.29 is 0 Å². The van der Waals surface area contributed by atoms with Gasteiger partial charge in [-0.3, -0.25) is 0 Å². The van der Waals surface area contributed by atoms with E-state index in [1.54, 1.807) is 0 Å². The van der Waals surface area contributed by atoms with E-state index in [4.69, 9.17) is 9.98 Å². The van der Waals surface area contributed by atoms with Crippen LogP contribution in [0.15, 0.2) is 198 Å². The van der Waals surface area contributed by atoms with E-state index in [1.165, 1.54) is 55.3 Å². The Morgan fingerprint density at radius 3 is 1.80 bits per heavy atom. The summed E-state index contributed by atoms with van der Waals surface area (Å²) in [7, 11) is 0. The normalized spacial score (nSPS) is 15.4. The molecule has 0 saturated carbocycles. The molecule has 0 radical (unpaired) electrons. The second-order valence-corrected chi connectivity index (χ2v) is 15.0. The molecule has 0 fully saturated rings. The Kier molecular flexibility index (Phi) is 7.88. The fourth-order valence-electron chi connectivity index (χ4n) is 8.57. The number of nitrogens with one attached hydrogen (secondary N) is 1. The van der Waals surface area contributed by atoms with Crippen molar-refractivity contribution in [3.8, 4) is 44.5 Å². The zero-order chi connectivity index (χ0) is 36.9. The third-order valence-electron chi connectivity index (χ3n) is 11.3. The monoisotopic (exact) mass is 705 g/mol. The minimum absolute atomic E-state index is 0.251. The lowest BCUT2D eigenvalue weighted by Gasteiger charge is -2.26. The SMILES string of the molecule is CC1(C)c2cc(C3=NC(c4cccc(-c5ccccc5)c4)NC(c4cccc(-c5ccccc5)c4)=N3)ccc2-c2c(-c3ccccc3)cc3ccccc3c21. The summed E-state index contributed by atoms with van der Waals surface area (Å²) in [5.41, 5.74) is 15.3. The van der Waals surface area contributed by atoms with Crippen molar-refractivity contribution in [3.63, 3.8) is 0 Å². The molecule has 0 bridgehead atoms. The third-order valence-corrected chi connectivity index (χ3v) is 11.3. The van der Waals surface area contributed by atoms with Gasteiger partial charge < -0.3 is 5.32 Å². The number of hydrogen-bond acceptors (Lipinski definition) is 3. The largest absolute Gasteiger partial charge is 0.344 e. The summed E-state index contributed by atoms with van der Waals surface area (Å²) in [4.78, 5) is 10.7. The van der Waals surface area contributed by atoms with E-state index in [-0.39, 0.29) is 11.6 Å². The molecule has 0 amide bonds. The van der Waals surface area contributed by atoms with E-state index in [0.717, 1.165) is 39.5 Å². The van der Waals surface area contributed by atoms with Gasteiger partial charge in [0.05, 0.1) is 0 Å². The first-order valence-corrected chi connectivity index (χ1v) is 19.0. The van der Waals surface area contributed by atoms with Crippen LogP contribution in [0.1, 0.15) is 47.8 Å². The zero-order valence-electron chi connectivity index (χ0n) is 30.9. The summed E-state index contributed by atoms with van der Waals surface area (Å²) in [5.74, 6) is 1.52. The van der Waals surface area contributed by atoms with Crippen LogP contribution in [0.3, 0.4) is 0 Å². The van der Waals surface area contributed by atoms with Crippen molar-refractivity contribution in [2.24, 2.45) is 9.98 Å². The lowest BCUT2D eigenvalue weighted by Crippen LogP contribution is -2.33. The molecule has 0 saturated heterocycles. The van der Waals surface area contributed by atoms with E-state index < -0.39 is 0 Å². The Morgan fingerprint density at radius 1 is 0.473 bits per heavy atom.